The summed E-state index contributed by atoms with van der Waals surface area (Å²) < 4.78 is 2.89. The number of rotatable bonds is 3. The third kappa shape index (κ3) is 2.07. The first-order chi connectivity index (χ1) is 8.79. The number of hydrogen-bond donors (Lipinski definition) is 1. The van der Waals surface area contributed by atoms with Gasteiger partial charge in [-0.3, -0.25) is 9.47 Å². The summed E-state index contributed by atoms with van der Waals surface area (Å²) in [7, 11) is 0. The Hall–Kier alpha value is -0.880. The summed E-state index contributed by atoms with van der Waals surface area (Å²) in [6.45, 7) is 7.74. The van der Waals surface area contributed by atoms with Gasteiger partial charge in [0.05, 0.1) is 0 Å². The van der Waals surface area contributed by atoms with Crippen molar-refractivity contribution in [3.05, 3.63) is 4.77 Å². The zero-order chi connectivity index (χ0) is 12.5. The lowest BCUT2D eigenvalue weighted by Gasteiger charge is -2.37. The van der Waals surface area contributed by atoms with Gasteiger partial charge in [0.2, 0.25) is 5.95 Å². The van der Waals surface area contributed by atoms with Crippen molar-refractivity contribution in [2.75, 3.05) is 31.1 Å². The van der Waals surface area contributed by atoms with Crippen LogP contribution in [0.2, 0.25) is 0 Å². The van der Waals surface area contributed by atoms with Crippen LogP contribution in [-0.4, -0.2) is 51.9 Å². The fraction of sp³-hybridized carbons (Fsp3) is 0.833. The highest BCUT2D eigenvalue weighted by atomic mass is 32.1. The molecule has 2 aliphatic rings. The van der Waals surface area contributed by atoms with E-state index in [2.05, 4.69) is 31.5 Å². The van der Waals surface area contributed by atoms with Crippen molar-refractivity contribution in [1.82, 2.24) is 19.7 Å². The van der Waals surface area contributed by atoms with E-state index in [4.69, 9.17) is 12.2 Å². The van der Waals surface area contributed by atoms with Crippen LogP contribution in [-0.2, 0) is 6.54 Å². The summed E-state index contributed by atoms with van der Waals surface area (Å²) in [5, 5.41) is 7.36. The Balaban J connectivity index is 1.80. The zero-order valence-electron chi connectivity index (χ0n) is 10.9. The van der Waals surface area contributed by atoms with Crippen LogP contribution < -0.4 is 4.90 Å². The number of aromatic nitrogens is 3. The molecule has 0 spiro atoms. The average molecular weight is 267 g/mol. The lowest BCUT2D eigenvalue weighted by molar-refractivity contribution is 0.229. The molecule has 3 heterocycles. The van der Waals surface area contributed by atoms with Crippen LogP contribution in [0.15, 0.2) is 0 Å². The molecule has 3 rings (SSSR count). The molecular weight excluding hydrogens is 246 g/mol. The van der Waals surface area contributed by atoms with Gasteiger partial charge in [-0.1, -0.05) is 6.92 Å². The van der Waals surface area contributed by atoms with E-state index >= 15 is 0 Å². The molecule has 0 saturated carbocycles. The molecular formula is C12H21N5S. The highest BCUT2D eigenvalue weighted by Crippen LogP contribution is 2.24. The molecule has 0 bridgehead atoms. The topological polar surface area (TPSA) is 40.1 Å². The van der Waals surface area contributed by atoms with Gasteiger partial charge in [0.1, 0.15) is 0 Å². The third-order valence-corrected chi connectivity index (χ3v) is 4.37. The smallest absolute Gasteiger partial charge is 0.225 e. The van der Waals surface area contributed by atoms with Crippen molar-refractivity contribution in [1.29, 1.82) is 0 Å². The van der Waals surface area contributed by atoms with Crippen molar-refractivity contribution < 1.29 is 0 Å². The van der Waals surface area contributed by atoms with E-state index in [-0.39, 0.29) is 0 Å². The normalized spacial score (nSPS) is 24.5. The molecule has 0 aliphatic carbocycles. The van der Waals surface area contributed by atoms with E-state index < -0.39 is 0 Å². The van der Waals surface area contributed by atoms with E-state index in [9.17, 15) is 0 Å². The Bertz CT molecular complexity index is 465. The van der Waals surface area contributed by atoms with Crippen molar-refractivity contribution in [2.45, 2.75) is 38.8 Å². The minimum atomic E-state index is 0.721. The molecule has 1 unspecified atom stereocenters. The minimum absolute atomic E-state index is 0.721. The second kappa shape index (κ2) is 5.01. The predicted molar refractivity (Wildman–Crippen MR) is 74.5 cm³/mol. The number of piperazine rings is 1. The van der Waals surface area contributed by atoms with Crippen LogP contribution in [0.1, 0.15) is 26.2 Å². The SMILES string of the molecule is CCCn1c(N2CCN3CCCC3C2)n[nH]c1=S. The van der Waals surface area contributed by atoms with Gasteiger partial charge in [0.15, 0.2) is 4.77 Å². The maximum atomic E-state index is 5.31. The Labute approximate surface area is 113 Å². The lowest BCUT2D eigenvalue weighted by atomic mass is 10.2. The molecule has 2 fully saturated rings. The number of H-pyrrole nitrogens is 1. The lowest BCUT2D eigenvalue weighted by Crippen LogP contribution is -2.50. The maximum absolute atomic E-state index is 5.31. The molecule has 1 atom stereocenters. The summed E-state index contributed by atoms with van der Waals surface area (Å²) in [6, 6.07) is 0.721. The molecule has 100 valence electrons. The summed E-state index contributed by atoms with van der Waals surface area (Å²) in [4.78, 5) is 5.01. The molecule has 6 heteroatoms. The first-order valence-electron chi connectivity index (χ1n) is 6.94. The number of nitrogens with one attached hydrogen (secondary N) is 1. The Morgan fingerprint density at radius 1 is 1.39 bits per heavy atom. The van der Waals surface area contributed by atoms with E-state index in [1.54, 1.807) is 0 Å². The molecule has 0 radical (unpaired) electrons. The van der Waals surface area contributed by atoms with Crippen LogP contribution in [0, 0.1) is 4.77 Å². The van der Waals surface area contributed by atoms with Crippen LogP contribution in [0.5, 0.6) is 0 Å². The molecule has 1 aromatic rings. The van der Waals surface area contributed by atoms with Crippen molar-refractivity contribution in [3.8, 4) is 0 Å². The van der Waals surface area contributed by atoms with Gasteiger partial charge in [0.25, 0.3) is 0 Å². The van der Waals surface area contributed by atoms with Gasteiger partial charge in [0, 0.05) is 32.2 Å². The Morgan fingerprint density at radius 3 is 3.11 bits per heavy atom. The first kappa shape index (κ1) is 12.2. The molecule has 2 saturated heterocycles. The second-order valence-electron chi connectivity index (χ2n) is 5.26. The van der Waals surface area contributed by atoms with Gasteiger partial charge in [-0.2, -0.15) is 0 Å². The molecule has 1 aromatic heterocycles. The average Bonchev–Trinajstić information content (AvgIpc) is 2.97. The largest absolute Gasteiger partial charge is 0.338 e. The molecule has 2 aliphatic heterocycles. The molecule has 0 amide bonds. The van der Waals surface area contributed by atoms with E-state index in [0.717, 1.165) is 49.4 Å². The monoisotopic (exact) mass is 267 g/mol. The number of anilines is 1. The first-order valence-corrected chi connectivity index (χ1v) is 7.34. The van der Waals surface area contributed by atoms with Gasteiger partial charge in [-0.25, -0.2) is 5.10 Å². The third-order valence-electron chi connectivity index (χ3n) is 4.06. The molecule has 0 aromatic carbocycles. The summed E-state index contributed by atoms with van der Waals surface area (Å²) in [5.74, 6) is 1.04. The number of fused-ring (bicyclic) bond motifs is 1. The fourth-order valence-electron chi connectivity index (χ4n) is 3.15. The Morgan fingerprint density at radius 2 is 2.28 bits per heavy atom. The highest BCUT2D eigenvalue weighted by molar-refractivity contribution is 7.71. The van der Waals surface area contributed by atoms with Crippen LogP contribution in [0.3, 0.4) is 0 Å². The number of hydrogen-bond acceptors (Lipinski definition) is 4. The summed E-state index contributed by atoms with van der Waals surface area (Å²) in [5.41, 5.74) is 0. The van der Waals surface area contributed by atoms with Crippen molar-refractivity contribution >= 4 is 18.2 Å². The Kier molecular flexibility index (Phi) is 3.39. The predicted octanol–water partition coefficient (Wildman–Crippen LogP) is 1.64. The molecule has 5 nitrogen and oxygen atoms in total. The van der Waals surface area contributed by atoms with E-state index in [1.807, 2.05) is 0 Å². The summed E-state index contributed by atoms with van der Waals surface area (Å²) in [6.07, 6.45) is 3.76. The number of nitrogens with zero attached hydrogens (tertiary/aromatic N) is 4. The fourth-order valence-corrected chi connectivity index (χ4v) is 3.37. The number of aromatic amines is 1. The van der Waals surface area contributed by atoms with Crippen molar-refractivity contribution in [3.63, 3.8) is 0 Å². The minimum Gasteiger partial charge on any atom is -0.338 e. The van der Waals surface area contributed by atoms with Gasteiger partial charge in [-0.05, 0) is 38.0 Å². The van der Waals surface area contributed by atoms with E-state index in [0.29, 0.717) is 0 Å². The quantitative estimate of drug-likeness (QED) is 0.845. The van der Waals surface area contributed by atoms with E-state index in [1.165, 1.54) is 19.4 Å². The van der Waals surface area contributed by atoms with Gasteiger partial charge >= 0.3 is 0 Å². The molecule has 1 N–H and O–H groups in total. The van der Waals surface area contributed by atoms with Crippen LogP contribution >= 0.6 is 12.2 Å². The van der Waals surface area contributed by atoms with Crippen LogP contribution in [0.25, 0.3) is 0 Å². The molecule has 18 heavy (non-hydrogen) atoms. The maximum Gasteiger partial charge on any atom is 0.225 e. The van der Waals surface area contributed by atoms with Gasteiger partial charge in [-0.15, -0.1) is 5.10 Å². The summed E-state index contributed by atoms with van der Waals surface area (Å²) >= 11 is 5.31. The highest BCUT2D eigenvalue weighted by Gasteiger charge is 2.32. The van der Waals surface area contributed by atoms with Crippen molar-refractivity contribution in [2.24, 2.45) is 0 Å². The second-order valence-corrected chi connectivity index (χ2v) is 5.65. The zero-order valence-corrected chi connectivity index (χ0v) is 11.7. The van der Waals surface area contributed by atoms with Gasteiger partial charge < -0.3 is 4.90 Å². The van der Waals surface area contributed by atoms with Crippen LogP contribution in [0.4, 0.5) is 5.95 Å². The standard InChI is InChI=1S/C12H21N5S/c1-2-5-17-11(13-14-12(17)18)16-8-7-15-6-3-4-10(15)9-16/h10H,2-9H2,1H3,(H,14,18).